The summed E-state index contributed by atoms with van der Waals surface area (Å²) in [6.45, 7) is -2.90. The third kappa shape index (κ3) is 5.51. The Kier molecular flexibility index (Phi) is 6.07. The number of nitro benzene ring substituents is 1. The van der Waals surface area contributed by atoms with Crippen LogP contribution in [0.4, 0.5) is 20.2 Å². The maximum Gasteiger partial charge on any atom is 0.387 e. The Hall–Kier alpha value is -2.68. The molecule has 0 fully saturated rings. The van der Waals surface area contributed by atoms with Crippen molar-refractivity contribution >= 4 is 29.0 Å². The molecule has 6 nitrogen and oxygen atoms in total. The molecule has 2 rings (SSSR count). The van der Waals surface area contributed by atoms with Crippen molar-refractivity contribution < 1.29 is 23.2 Å². The second-order valence-corrected chi connectivity index (χ2v) is 5.54. The number of anilines is 1. The number of thioether (sulfide) groups is 1. The summed E-state index contributed by atoms with van der Waals surface area (Å²) >= 11 is 1.22. The first-order valence-electron chi connectivity index (χ1n) is 6.66. The largest absolute Gasteiger partial charge is 0.435 e. The minimum Gasteiger partial charge on any atom is -0.435 e. The molecule has 0 atom stereocenters. The molecule has 0 spiro atoms. The molecule has 0 aromatic heterocycles. The van der Waals surface area contributed by atoms with E-state index in [9.17, 15) is 23.7 Å². The molecule has 0 aliphatic heterocycles. The van der Waals surface area contributed by atoms with Gasteiger partial charge in [0.1, 0.15) is 5.75 Å². The summed E-state index contributed by atoms with van der Waals surface area (Å²) in [4.78, 5) is 22.6. The number of halogens is 2. The lowest BCUT2D eigenvalue weighted by atomic mass is 10.3. The predicted octanol–water partition coefficient (Wildman–Crippen LogP) is 3.93. The van der Waals surface area contributed by atoms with Crippen LogP contribution in [0, 0.1) is 10.1 Å². The number of alkyl halides is 2. The normalized spacial score (nSPS) is 10.5. The fraction of sp³-hybridized carbons (Fsp3) is 0.133. The van der Waals surface area contributed by atoms with Gasteiger partial charge in [-0.25, -0.2) is 0 Å². The van der Waals surface area contributed by atoms with Crippen LogP contribution >= 0.6 is 11.8 Å². The third-order valence-electron chi connectivity index (χ3n) is 2.78. The topological polar surface area (TPSA) is 81.5 Å². The summed E-state index contributed by atoms with van der Waals surface area (Å²) in [5.74, 6) is -0.184. The number of amides is 1. The van der Waals surface area contributed by atoms with Crippen LogP contribution in [0.15, 0.2) is 53.4 Å². The Morgan fingerprint density at radius 1 is 1.17 bits per heavy atom. The number of hydrogen-bond acceptors (Lipinski definition) is 5. The summed E-state index contributed by atoms with van der Waals surface area (Å²) < 4.78 is 28.3. The fourth-order valence-electron chi connectivity index (χ4n) is 1.73. The predicted molar refractivity (Wildman–Crippen MR) is 85.5 cm³/mol. The number of carbonyl (C=O) groups excluding carboxylic acids is 1. The van der Waals surface area contributed by atoms with Gasteiger partial charge in [0.05, 0.1) is 10.7 Å². The molecule has 0 aliphatic carbocycles. The van der Waals surface area contributed by atoms with Gasteiger partial charge in [-0.3, -0.25) is 14.9 Å². The van der Waals surface area contributed by atoms with Crippen LogP contribution in [0.25, 0.3) is 0 Å². The van der Waals surface area contributed by atoms with Crippen LogP contribution < -0.4 is 10.1 Å². The first-order chi connectivity index (χ1) is 11.4. The average Bonchev–Trinajstić information content (AvgIpc) is 2.54. The van der Waals surface area contributed by atoms with E-state index in [-0.39, 0.29) is 23.1 Å². The molecule has 1 N–H and O–H groups in total. The first-order valence-corrected chi connectivity index (χ1v) is 7.64. The van der Waals surface area contributed by atoms with E-state index < -0.39 is 11.5 Å². The van der Waals surface area contributed by atoms with E-state index in [0.717, 1.165) is 4.90 Å². The van der Waals surface area contributed by atoms with Crippen LogP contribution in [0.1, 0.15) is 0 Å². The van der Waals surface area contributed by atoms with Crippen LogP contribution in [0.5, 0.6) is 5.75 Å². The van der Waals surface area contributed by atoms with Gasteiger partial charge in [-0.2, -0.15) is 8.78 Å². The lowest BCUT2D eigenvalue weighted by Crippen LogP contribution is -2.13. The van der Waals surface area contributed by atoms with Gasteiger partial charge in [0.15, 0.2) is 0 Å². The molecule has 0 bridgehead atoms. The molecule has 0 aliphatic rings. The third-order valence-corrected chi connectivity index (χ3v) is 3.79. The Balaban J connectivity index is 1.83. The number of nitrogens with one attached hydrogen (secondary N) is 1. The molecule has 1 amide bonds. The number of nitro groups is 1. The van der Waals surface area contributed by atoms with Crippen molar-refractivity contribution in [1.29, 1.82) is 0 Å². The monoisotopic (exact) mass is 354 g/mol. The summed E-state index contributed by atoms with van der Waals surface area (Å²) in [6, 6.07) is 11.4. The highest BCUT2D eigenvalue weighted by Crippen LogP contribution is 2.22. The maximum absolute atomic E-state index is 12.0. The lowest BCUT2D eigenvalue weighted by Gasteiger charge is -2.07. The molecule has 24 heavy (non-hydrogen) atoms. The zero-order chi connectivity index (χ0) is 17.5. The summed E-state index contributed by atoms with van der Waals surface area (Å²) in [5.41, 5.74) is 0.431. The van der Waals surface area contributed by atoms with E-state index in [0.29, 0.717) is 5.69 Å². The molecule has 0 heterocycles. The van der Waals surface area contributed by atoms with Crippen molar-refractivity contribution in [1.82, 2.24) is 0 Å². The van der Waals surface area contributed by atoms with Crippen LogP contribution in [0.2, 0.25) is 0 Å². The second-order valence-electron chi connectivity index (χ2n) is 4.49. The Morgan fingerprint density at radius 2 is 1.79 bits per heavy atom. The number of non-ortho nitro benzene ring substituents is 1. The van der Waals surface area contributed by atoms with Gasteiger partial charge in [0.25, 0.3) is 5.69 Å². The van der Waals surface area contributed by atoms with Crippen molar-refractivity contribution in [2.75, 3.05) is 11.1 Å². The molecular formula is C15H12F2N2O4S. The van der Waals surface area contributed by atoms with E-state index in [1.165, 1.54) is 48.2 Å². The van der Waals surface area contributed by atoms with Gasteiger partial charge in [-0.15, -0.1) is 11.8 Å². The van der Waals surface area contributed by atoms with Crippen molar-refractivity contribution in [3.05, 3.63) is 58.6 Å². The molecule has 0 unspecified atom stereocenters. The SMILES string of the molecule is O=C(CSc1ccc([N+](=O)[O-])cc1)Nc1ccc(OC(F)F)cc1. The van der Waals surface area contributed by atoms with E-state index >= 15 is 0 Å². The van der Waals surface area contributed by atoms with E-state index in [4.69, 9.17) is 0 Å². The van der Waals surface area contributed by atoms with Crippen LogP contribution in [-0.4, -0.2) is 23.2 Å². The Bertz CT molecular complexity index is 708. The minimum absolute atomic E-state index is 0.00301. The Morgan fingerprint density at radius 3 is 2.33 bits per heavy atom. The van der Waals surface area contributed by atoms with Gasteiger partial charge in [-0.1, -0.05) is 0 Å². The molecular weight excluding hydrogens is 342 g/mol. The zero-order valence-corrected chi connectivity index (χ0v) is 13.0. The first kappa shape index (κ1) is 17.7. The molecule has 2 aromatic carbocycles. The van der Waals surface area contributed by atoms with Crippen molar-refractivity contribution in [3.63, 3.8) is 0 Å². The summed E-state index contributed by atoms with van der Waals surface area (Å²) in [5, 5.41) is 13.2. The van der Waals surface area contributed by atoms with Gasteiger partial charge < -0.3 is 10.1 Å². The van der Waals surface area contributed by atoms with Gasteiger partial charge in [0, 0.05) is 22.7 Å². The second kappa shape index (κ2) is 8.25. The van der Waals surface area contributed by atoms with E-state index in [1.807, 2.05) is 0 Å². The fourth-order valence-corrected chi connectivity index (χ4v) is 2.43. The van der Waals surface area contributed by atoms with Gasteiger partial charge in [-0.05, 0) is 36.4 Å². The van der Waals surface area contributed by atoms with Crippen LogP contribution in [-0.2, 0) is 4.79 Å². The smallest absolute Gasteiger partial charge is 0.387 e. The lowest BCUT2D eigenvalue weighted by molar-refractivity contribution is -0.384. The van der Waals surface area contributed by atoms with E-state index in [1.54, 1.807) is 12.1 Å². The molecule has 0 radical (unpaired) electrons. The minimum atomic E-state index is -2.90. The number of benzene rings is 2. The highest BCUT2D eigenvalue weighted by molar-refractivity contribution is 8.00. The van der Waals surface area contributed by atoms with E-state index in [2.05, 4.69) is 10.1 Å². The Labute approximate surface area is 140 Å². The molecule has 0 saturated heterocycles. The number of hydrogen-bond donors (Lipinski definition) is 1. The molecule has 0 saturated carbocycles. The standard InChI is InChI=1S/C15H12F2N2O4S/c16-15(17)23-12-5-1-10(2-6-12)18-14(20)9-24-13-7-3-11(4-8-13)19(21)22/h1-8,15H,9H2,(H,18,20). The summed E-state index contributed by atoms with van der Waals surface area (Å²) in [7, 11) is 0. The molecule has 9 heteroatoms. The van der Waals surface area contributed by atoms with Gasteiger partial charge >= 0.3 is 6.61 Å². The summed E-state index contributed by atoms with van der Waals surface area (Å²) in [6.07, 6.45) is 0. The number of nitrogens with zero attached hydrogens (tertiary/aromatic N) is 1. The van der Waals surface area contributed by atoms with Crippen molar-refractivity contribution in [2.24, 2.45) is 0 Å². The molecule has 126 valence electrons. The number of carbonyl (C=O) groups is 1. The zero-order valence-electron chi connectivity index (χ0n) is 12.1. The average molecular weight is 354 g/mol. The molecule has 2 aromatic rings. The maximum atomic E-state index is 12.0. The van der Waals surface area contributed by atoms with Crippen LogP contribution in [0.3, 0.4) is 0 Å². The van der Waals surface area contributed by atoms with Crippen molar-refractivity contribution in [2.45, 2.75) is 11.5 Å². The van der Waals surface area contributed by atoms with Gasteiger partial charge in [0.2, 0.25) is 5.91 Å². The van der Waals surface area contributed by atoms with Crippen molar-refractivity contribution in [3.8, 4) is 5.75 Å². The quantitative estimate of drug-likeness (QED) is 0.463. The number of ether oxygens (including phenoxy) is 1. The number of rotatable bonds is 7. The highest BCUT2D eigenvalue weighted by atomic mass is 32.2. The highest BCUT2D eigenvalue weighted by Gasteiger charge is 2.08.